The summed E-state index contributed by atoms with van der Waals surface area (Å²) in [7, 11) is 0. The Morgan fingerprint density at radius 1 is 0.923 bits per heavy atom. The van der Waals surface area contributed by atoms with Crippen molar-refractivity contribution in [2.45, 2.75) is 0 Å². The molecule has 0 aliphatic heterocycles. The molecule has 0 radical (unpaired) electrons. The number of hydrogen-bond donors (Lipinski definition) is 1. The maximum atomic E-state index is 9.61. The van der Waals surface area contributed by atoms with Crippen LogP contribution in [0.3, 0.4) is 0 Å². The van der Waals surface area contributed by atoms with Gasteiger partial charge in [0.2, 0.25) is 0 Å². The third-order valence-corrected chi connectivity index (χ3v) is 1.90. The second-order valence-electron chi connectivity index (χ2n) is 2.79. The summed E-state index contributed by atoms with van der Waals surface area (Å²) in [6.07, 6.45) is 0. The first-order valence-corrected chi connectivity index (χ1v) is 4.13. The molecule has 2 rings (SSSR count). The summed E-state index contributed by atoms with van der Waals surface area (Å²) in [6, 6.07) is 14.7. The molecule has 0 aliphatic carbocycles. The summed E-state index contributed by atoms with van der Waals surface area (Å²) in [5.74, 6) is 0.215. The molecule has 13 heavy (non-hydrogen) atoms. The maximum absolute atomic E-state index is 9.61. The molecule has 1 N–H and O–H groups in total. The molecule has 0 spiro atoms. The van der Waals surface area contributed by atoms with Gasteiger partial charge < -0.3 is 5.11 Å². The molecule has 2 aromatic carbocycles. The van der Waals surface area contributed by atoms with Crippen LogP contribution >= 0.6 is 0 Å². The van der Waals surface area contributed by atoms with Gasteiger partial charge >= 0.3 is 0 Å². The minimum Gasteiger partial charge on any atom is -0.507 e. The Labute approximate surface area is 78.7 Å². The van der Waals surface area contributed by atoms with Crippen molar-refractivity contribution in [2.75, 3.05) is 0 Å². The van der Waals surface area contributed by atoms with Gasteiger partial charge in [0.05, 0.1) is 1.37 Å². The molecule has 0 atom stereocenters. The largest absolute Gasteiger partial charge is 0.507 e. The third-order valence-electron chi connectivity index (χ3n) is 1.90. The molecule has 0 aromatic heterocycles. The van der Waals surface area contributed by atoms with Crippen molar-refractivity contribution in [1.82, 2.24) is 0 Å². The number of para-hydroxylation sites is 1. The molecule has 0 saturated carbocycles. The molecule has 0 unspecified atom stereocenters. The Hall–Kier alpha value is -1.76. The van der Waals surface area contributed by atoms with E-state index in [-0.39, 0.29) is 5.75 Å². The Kier molecular flexibility index (Phi) is 1.71. The lowest BCUT2D eigenvalue weighted by atomic mass is 10.1. The van der Waals surface area contributed by atoms with Crippen molar-refractivity contribution in [3.05, 3.63) is 54.6 Å². The van der Waals surface area contributed by atoms with Gasteiger partial charge in [-0.05, 0) is 11.6 Å². The van der Waals surface area contributed by atoms with Crippen molar-refractivity contribution in [3.8, 4) is 16.9 Å². The zero-order valence-corrected chi connectivity index (χ0v) is 7.07. The van der Waals surface area contributed by atoms with E-state index >= 15 is 0 Å². The van der Waals surface area contributed by atoms with Crippen LogP contribution in [0, 0.1) is 0 Å². The minimum absolute atomic E-state index is 0.215. The van der Waals surface area contributed by atoms with Gasteiger partial charge in [-0.1, -0.05) is 48.5 Å². The van der Waals surface area contributed by atoms with Crippen LogP contribution in [0.2, 0.25) is 0 Å². The molecule has 0 bridgehead atoms. The highest BCUT2D eigenvalue weighted by Crippen LogP contribution is 2.27. The maximum Gasteiger partial charge on any atom is 0.123 e. The Balaban J connectivity index is 2.61. The van der Waals surface area contributed by atoms with Crippen LogP contribution in [0.5, 0.6) is 5.75 Å². The number of hydrogen-bond acceptors (Lipinski definition) is 1. The predicted molar refractivity (Wildman–Crippen MR) is 53.5 cm³/mol. The lowest BCUT2D eigenvalue weighted by Gasteiger charge is -2.02. The summed E-state index contributed by atoms with van der Waals surface area (Å²) < 4.78 is 7.69. The summed E-state index contributed by atoms with van der Waals surface area (Å²) >= 11 is 0. The molecule has 64 valence electrons. The number of phenolic OH excluding ortho intramolecular Hbond substituents is 1. The predicted octanol–water partition coefficient (Wildman–Crippen LogP) is 3.06. The van der Waals surface area contributed by atoms with Crippen LogP contribution < -0.4 is 0 Å². The number of aromatic hydroxyl groups is 1. The van der Waals surface area contributed by atoms with Crippen LogP contribution in [0.15, 0.2) is 54.6 Å². The lowest BCUT2D eigenvalue weighted by Crippen LogP contribution is -1.76. The van der Waals surface area contributed by atoms with Gasteiger partial charge in [-0.2, -0.15) is 0 Å². The quantitative estimate of drug-likeness (QED) is 0.699. The molecule has 0 saturated heterocycles. The monoisotopic (exact) mass is 171 g/mol. The van der Waals surface area contributed by atoms with E-state index in [0.717, 1.165) is 5.56 Å². The summed E-state index contributed by atoms with van der Waals surface area (Å²) in [6.45, 7) is 0. The highest BCUT2D eigenvalue weighted by molar-refractivity contribution is 5.69. The molecular formula is C12H10O. The molecule has 1 heteroatoms. The average Bonchev–Trinajstić information content (AvgIpc) is 2.20. The third kappa shape index (κ3) is 1.54. The van der Waals surface area contributed by atoms with Gasteiger partial charge in [-0.25, -0.2) is 0 Å². The van der Waals surface area contributed by atoms with Crippen molar-refractivity contribution in [1.29, 1.82) is 0 Å². The van der Waals surface area contributed by atoms with Gasteiger partial charge in [-0.3, -0.25) is 0 Å². The minimum atomic E-state index is 0.215. The topological polar surface area (TPSA) is 20.2 Å². The average molecular weight is 171 g/mol. The van der Waals surface area contributed by atoms with E-state index in [2.05, 4.69) is 0 Å². The number of rotatable bonds is 1. The van der Waals surface area contributed by atoms with Crippen LogP contribution in [0.4, 0.5) is 0 Å². The molecule has 0 aliphatic rings. The van der Waals surface area contributed by atoms with Gasteiger partial charge in [0.25, 0.3) is 0 Å². The van der Waals surface area contributed by atoms with Gasteiger partial charge in [-0.15, -0.1) is 0 Å². The van der Waals surface area contributed by atoms with Crippen LogP contribution in [-0.4, -0.2) is 5.11 Å². The molecular weight excluding hydrogens is 160 g/mol. The first-order valence-electron chi connectivity index (χ1n) is 4.63. The van der Waals surface area contributed by atoms with Gasteiger partial charge in [0.1, 0.15) is 5.75 Å². The van der Waals surface area contributed by atoms with E-state index in [1.165, 1.54) is 0 Å². The van der Waals surface area contributed by atoms with E-state index in [1.807, 2.05) is 30.3 Å². The van der Waals surface area contributed by atoms with E-state index in [4.69, 9.17) is 1.37 Å². The molecule has 0 amide bonds. The van der Waals surface area contributed by atoms with Crippen LogP contribution in [-0.2, 0) is 0 Å². The van der Waals surface area contributed by atoms with E-state index < -0.39 is 0 Å². The van der Waals surface area contributed by atoms with Crippen molar-refractivity contribution < 1.29 is 6.48 Å². The van der Waals surface area contributed by atoms with Crippen molar-refractivity contribution in [2.24, 2.45) is 0 Å². The summed E-state index contributed by atoms with van der Waals surface area (Å²) in [5, 5.41) is 9.61. The zero-order chi connectivity index (χ0) is 9.97. The SMILES string of the molecule is [2H]c1ccccc1-c1ccccc1O. The highest BCUT2D eigenvalue weighted by Gasteiger charge is 2.00. The Bertz CT molecular complexity index is 408. The van der Waals surface area contributed by atoms with Crippen LogP contribution in [0.25, 0.3) is 11.1 Å². The smallest absolute Gasteiger partial charge is 0.123 e. The van der Waals surface area contributed by atoms with E-state index in [0.29, 0.717) is 11.6 Å². The van der Waals surface area contributed by atoms with Crippen LogP contribution in [0.1, 0.15) is 1.37 Å². The normalized spacial score (nSPS) is 10.9. The fourth-order valence-corrected chi connectivity index (χ4v) is 1.26. The molecule has 0 fully saturated rings. The first kappa shape index (κ1) is 6.72. The molecule has 1 nitrogen and oxygen atoms in total. The first-order chi connectivity index (χ1) is 6.79. The Morgan fingerprint density at radius 2 is 1.69 bits per heavy atom. The second-order valence-corrected chi connectivity index (χ2v) is 2.79. The summed E-state index contributed by atoms with van der Waals surface area (Å²) in [4.78, 5) is 0. The Morgan fingerprint density at radius 3 is 2.46 bits per heavy atom. The number of benzene rings is 2. The highest BCUT2D eigenvalue weighted by atomic mass is 16.3. The van der Waals surface area contributed by atoms with E-state index in [1.54, 1.807) is 18.2 Å². The zero-order valence-electron chi connectivity index (χ0n) is 8.07. The number of phenols is 1. The molecule has 0 heterocycles. The van der Waals surface area contributed by atoms with Gasteiger partial charge in [0.15, 0.2) is 0 Å². The summed E-state index contributed by atoms with van der Waals surface area (Å²) in [5.41, 5.74) is 1.46. The molecule has 2 aromatic rings. The fraction of sp³-hybridized carbons (Fsp3) is 0. The van der Waals surface area contributed by atoms with E-state index in [9.17, 15) is 5.11 Å². The second kappa shape index (κ2) is 3.31. The van der Waals surface area contributed by atoms with Crippen molar-refractivity contribution in [3.63, 3.8) is 0 Å². The fourth-order valence-electron chi connectivity index (χ4n) is 1.26. The lowest BCUT2D eigenvalue weighted by molar-refractivity contribution is 0.477. The van der Waals surface area contributed by atoms with Crippen molar-refractivity contribution >= 4 is 0 Å². The standard InChI is InChI=1S/C12H10O/c13-12-9-5-4-8-11(12)10-6-2-1-3-7-10/h1-9,13H/i6D. The van der Waals surface area contributed by atoms with Gasteiger partial charge in [0, 0.05) is 5.56 Å².